The molecule has 0 spiro atoms. The van der Waals surface area contributed by atoms with E-state index < -0.39 is 23.9 Å². The molecule has 2 aromatic rings. The van der Waals surface area contributed by atoms with E-state index in [1.807, 2.05) is 9.80 Å². The van der Waals surface area contributed by atoms with E-state index in [0.29, 0.717) is 32.7 Å². The molecule has 4 rings (SSSR count). The molecule has 2 saturated heterocycles. The first-order chi connectivity index (χ1) is 37.6. The van der Waals surface area contributed by atoms with E-state index in [1.54, 1.807) is 0 Å². The van der Waals surface area contributed by atoms with E-state index in [4.69, 9.17) is 43.5 Å². The molecule has 0 saturated carbocycles. The van der Waals surface area contributed by atoms with Crippen molar-refractivity contribution in [1.29, 1.82) is 0 Å². The van der Waals surface area contributed by atoms with Crippen LogP contribution in [0.25, 0.3) is 0 Å². The lowest BCUT2D eigenvalue weighted by molar-refractivity contribution is -0.193. The summed E-state index contributed by atoms with van der Waals surface area (Å²) in [5, 5.41) is 43.3. The molecule has 2 aliphatic heterocycles. The Hall–Kier alpha value is -6.56. The van der Waals surface area contributed by atoms with E-state index in [9.17, 15) is 34.5 Å². The molecule has 2 aromatic carbocycles. The van der Waals surface area contributed by atoms with Gasteiger partial charge in [-0.25, -0.2) is 0 Å². The van der Waals surface area contributed by atoms with E-state index in [1.165, 1.54) is 22.3 Å². The third-order valence-electron chi connectivity index (χ3n) is 12.6. The zero-order valence-corrected chi connectivity index (χ0v) is 46.7. The molecule has 2 unspecified atom stereocenters. The number of hydrogen-bond acceptors (Lipinski definition) is 22. The lowest BCUT2D eigenvalue weighted by atomic mass is 9.97. The maximum atomic E-state index is 11.4. The quantitative estimate of drug-likeness (QED) is 0.0904. The average molecular weight is 1120 g/mol. The lowest BCUT2D eigenvalue weighted by Crippen LogP contribution is -2.49. The molecule has 2 fully saturated rings. The fraction of sp³-hybridized carbons (Fsp3) is 0.623. The highest BCUT2D eigenvalue weighted by atomic mass is 16.4. The first kappa shape index (κ1) is 74.5. The van der Waals surface area contributed by atoms with Crippen LogP contribution in [0.5, 0.6) is 0 Å². The SMILES string of the molecule is Cc1ccc(CC(CN2CCN(C)CCN(C)CCN(CC(=O)O)CC2)NCC(=O)O)cc1.Cc1ccc(CC(CNCC(=O)O)CN2CCN(C)CCN(C)CCN(CC(=O)O)CC2)cc1.O=C=O.O=C=O.O=C=O.O=C=O. The van der Waals surface area contributed by atoms with Gasteiger partial charge in [0.1, 0.15) is 0 Å². The van der Waals surface area contributed by atoms with Crippen LogP contribution in [0.2, 0.25) is 0 Å². The van der Waals surface area contributed by atoms with Crippen molar-refractivity contribution in [1.82, 2.24) is 49.8 Å². The minimum atomic E-state index is -0.867. The van der Waals surface area contributed by atoms with Crippen LogP contribution in [0.1, 0.15) is 22.3 Å². The van der Waals surface area contributed by atoms with Crippen LogP contribution in [0, 0.1) is 19.8 Å². The fourth-order valence-electron chi connectivity index (χ4n) is 8.22. The van der Waals surface area contributed by atoms with Gasteiger partial charge in [0.05, 0.1) is 26.2 Å². The predicted molar refractivity (Wildman–Crippen MR) is 284 cm³/mol. The number of hydrogen-bond donors (Lipinski definition) is 6. The van der Waals surface area contributed by atoms with Gasteiger partial charge in [-0.15, -0.1) is 0 Å². The number of carbonyl (C=O) groups is 4. The number of benzene rings is 2. The molecule has 26 heteroatoms. The van der Waals surface area contributed by atoms with Gasteiger partial charge in [-0.3, -0.25) is 33.9 Å². The van der Waals surface area contributed by atoms with Crippen LogP contribution in [0.15, 0.2) is 48.5 Å². The monoisotopic (exact) mass is 1120 g/mol. The van der Waals surface area contributed by atoms with E-state index in [2.05, 4.69) is 131 Å². The van der Waals surface area contributed by atoms with Gasteiger partial charge in [0, 0.05) is 130 Å². The predicted octanol–water partition coefficient (Wildman–Crippen LogP) is -1.79. The fourth-order valence-corrected chi connectivity index (χ4v) is 8.22. The summed E-state index contributed by atoms with van der Waals surface area (Å²) in [6, 6.07) is 16.9. The summed E-state index contributed by atoms with van der Waals surface area (Å²) in [5.74, 6) is -3.07. The smallest absolute Gasteiger partial charge is 0.373 e. The second kappa shape index (κ2) is 47.4. The van der Waals surface area contributed by atoms with Crippen molar-refractivity contribution in [3.05, 3.63) is 70.8 Å². The van der Waals surface area contributed by atoms with E-state index in [0.717, 1.165) is 104 Å². The highest BCUT2D eigenvalue weighted by molar-refractivity contribution is 5.70. The number of aryl methyl sites for hydroxylation is 2. The second-order valence-corrected chi connectivity index (χ2v) is 19.2. The van der Waals surface area contributed by atoms with E-state index in [-0.39, 0.29) is 62.7 Å². The largest absolute Gasteiger partial charge is 0.480 e. The summed E-state index contributed by atoms with van der Waals surface area (Å²) >= 11 is 0. The van der Waals surface area contributed by atoms with Gasteiger partial charge in [0.15, 0.2) is 0 Å². The van der Waals surface area contributed by atoms with Crippen molar-refractivity contribution in [2.75, 3.05) is 179 Å². The van der Waals surface area contributed by atoms with Crippen LogP contribution >= 0.6 is 0 Å². The van der Waals surface area contributed by atoms with Gasteiger partial charge in [0.25, 0.3) is 0 Å². The molecule has 0 bridgehead atoms. The van der Waals surface area contributed by atoms with Crippen LogP contribution in [0.3, 0.4) is 0 Å². The van der Waals surface area contributed by atoms with Crippen LogP contribution < -0.4 is 10.6 Å². The van der Waals surface area contributed by atoms with Crippen molar-refractivity contribution in [3.8, 4) is 0 Å². The van der Waals surface area contributed by atoms with E-state index >= 15 is 0 Å². The maximum absolute atomic E-state index is 11.4. The summed E-state index contributed by atoms with van der Waals surface area (Å²) in [7, 11) is 8.44. The summed E-state index contributed by atoms with van der Waals surface area (Å²) < 4.78 is 0. The molecular formula is C53H84N10O16. The first-order valence-corrected chi connectivity index (χ1v) is 25.6. The Bertz CT molecular complexity index is 2070. The second-order valence-electron chi connectivity index (χ2n) is 19.2. The van der Waals surface area contributed by atoms with Crippen LogP contribution in [0.4, 0.5) is 0 Å². The molecule has 0 amide bonds. The minimum absolute atomic E-state index is 0.0129. The Labute approximate surface area is 463 Å². The molecule has 79 heavy (non-hydrogen) atoms. The Morgan fingerprint density at radius 3 is 1.06 bits per heavy atom. The van der Waals surface area contributed by atoms with Crippen molar-refractivity contribution in [2.24, 2.45) is 5.92 Å². The lowest BCUT2D eigenvalue weighted by Gasteiger charge is -2.33. The zero-order valence-electron chi connectivity index (χ0n) is 46.7. The number of carbonyl (C=O) groups excluding carboxylic acids is 8. The Morgan fingerprint density at radius 1 is 0.430 bits per heavy atom. The van der Waals surface area contributed by atoms with Gasteiger partial charge in [0.2, 0.25) is 0 Å². The minimum Gasteiger partial charge on any atom is -0.480 e. The standard InChI is InChI=1S/C25H43N5O4.C24H41N5O4.4CO2/c1-21-4-6-22(7-5-21)16-23(17-26-18-24(31)32)19-29-12-10-27(2)8-9-28(3)11-13-30(15-14-29)20-25(33)34;1-20-4-6-21(7-5-20)16-22(25-17-23(30)31)18-28-12-10-26(2)8-9-27(3)11-13-29(15-14-28)19-24(32)33;4*2-1-3/h4-7,23,26H,8-20H2,1-3H3,(H,31,32)(H,33,34);4-7,22,25H,8-19H2,1-3H3,(H,30,31)(H,32,33);;;;. The van der Waals surface area contributed by atoms with Crippen LogP contribution in [-0.4, -0.2) is 293 Å². The number of carboxylic acid groups (broad SMARTS) is 4. The van der Waals surface area contributed by atoms with Crippen molar-refractivity contribution in [3.63, 3.8) is 0 Å². The molecule has 2 atom stereocenters. The molecule has 442 valence electrons. The van der Waals surface area contributed by atoms with Gasteiger partial charge in [-0.1, -0.05) is 59.7 Å². The summed E-state index contributed by atoms with van der Waals surface area (Å²) in [4.78, 5) is 128. The normalized spacial score (nSPS) is 16.8. The molecule has 0 radical (unpaired) electrons. The van der Waals surface area contributed by atoms with Gasteiger partial charge in [-0.05, 0) is 71.9 Å². The molecule has 0 aliphatic carbocycles. The average Bonchev–Trinajstić information content (AvgIpc) is 3.37. The molecular weight excluding hydrogens is 1030 g/mol. The highest BCUT2D eigenvalue weighted by Gasteiger charge is 2.22. The molecule has 26 nitrogen and oxygen atoms in total. The summed E-state index contributed by atoms with van der Waals surface area (Å²) in [6.45, 7) is 19.6. The summed E-state index contributed by atoms with van der Waals surface area (Å²) in [6.07, 6.45) is 2.60. The number of aliphatic carboxylic acids is 4. The van der Waals surface area contributed by atoms with Crippen molar-refractivity contribution in [2.45, 2.75) is 32.7 Å². The highest BCUT2D eigenvalue weighted by Crippen LogP contribution is 2.13. The number of nitrogens with zero attached hydrogens (tertiary/aromatic N) is 8. The third-order valence-corrected chi connectivity index (χ3v) is 12.6. The molecule has 2 heterocycles. The number of likely N-dealkylation sites (N-methyl/N-ethyl adjacent to an activating group) is 4. The van der Waals surface area contributed by atoms with Gasteiger partial charge < -0.3 is 55.6 Å². The Morgan fingerprint density at radius 2 is 0.722 bits per heavy atom. The maximum Gasteiger partial charge on any atom is 0.373 e. The topological polar surface area (TPSA) is 336 Å². The molecule has 2 aliphatic rings. The molecule has 0 aromatic heterocycles. The number of carboxylic acids is 4. The summed E-state index contributed by atoms with van der Waals surface area (Å²) in [5.41, 5.74) is 4.84. The third kappa shape index (κ3) is 44.0. The van der Waals surface area contributed by atoms with Gasteiger partial charge >= 0.3 is 48.5 Å². The van der Waals surface area contributed by atoms with Crippen molar-refractivity contribution >= 4 is 48.5 Å². The Balaban J connectivity index is 0. The number of nitrogens with one attached hydrogen (secondary N) is 2. The van der Waals surface area contributed by atoms with Gasteiger partial charge in [-0.2, -0.15) is 38.4 Å². The molecule has 6 N–H and O–H groups in total. The Kier molecular flexibility index (Phi) is 44.7. The first-order valence-electron chi connectivity index (χ1n) is 25.6. The number of rotatable bonds is 19. The van der Waals surface area contributed by atoms with Crippen molar-refractivity contribution < 1.29 is 78.0 Å². The van der Waals surface area contributed by atoms with Crippen LogP contribution in [-0.2, 0) is 70.4 Å². The zero-order chi connectivity index (χ0) is 60.0.